The van der Waals surface area contributed by atoms with Gasteiger partial charge in [-0.1, -0.05) is 18.7 Å². The van der Waals surface area contributed by atoms with Crippen LogP contribution in [0.2, 0.25) is 0 Å². The Hall–Kier alpha value is -1.77. The van der Waals surface area contributed by atoms with Crippen molar-refractivity contribution < 1.29 is 14.6 Å². The van der Waals surface area contributed by atoms with Crippen LogP contribution >= 0.6 is 0 Å². The number of aryl methyl sites for hydroxylation is 1. The van der Waals surface area contributed by atoms with E-state index in [4.69, 9.17) is 9.84 Å². The van der Waals surface area contributed by atoms with E-state index in [0.717, 1.165) is 16.9 Å². The topological polar surface area (TPSA) is 46.5 Å². The highest BCUT2D eigenvalue weighted by Crippen LogP contribution is 2.13. The maximum absolute atomic E-state index is 10.4. The van der Waals surface area contributed by atoms with Gasteiger partial charge >= 0.3 is 5.97 Å². The van der Waals surface area contributed by atoms with Crippen molar-refractivity contribution in [2.24, 2.45) is 0 Å². The summed E-state index contributed by atoms with van der Waals surface area (Å²) in [5, 5.41) is 8.54. The third-order valence-corrected chi connectivity index (χ3v) is 2.04. The van der Waals surface area contributed by atoms with E-state index >= 15 is 0 Å². The van der Waals surface area contributed by atoms with Gasteiger partial charge in [0.05, 0.1) is 0 Å². The van der Waals surface area contributed by atoms with Gasteiger partial charge in [0.15, 0.2) is 0 Å². The zero-order valence-corrected chi connectivity index (χ0v) is 9.40. The van der Waals surface area contributed by atoms with Crippen LogP contribution in [-0.4, -0.2) is 17.7 Å². The number of rotatable bonds is 6. The smallest absolute Gasteiger partial charge is 0.303 e. The first-order valence-corrected chi connectivity index (χ1v) is 5.16. The van der Waals surface area contributed by atoms with Crippen LogP contribution in [0.5, 0.6) is 5.75 Å². The lowest BCUT2D eigenvalue weighted by Crippen LogP contribution is -1.99. The lowest BCUT2D eigenvalue weighted by Gasteiger charge is -2.06. The van der Waals surface area contributed by atoms with Gasteiger partial charge in [-0.15, -0.1) is 0 Å². The number of carboxylic acid groups (broad SMARTS) is 1. The molecule has 1 aromatic carbocycles. The van der Waals surface area contributed by atoms with Crippen LogP contribution in [0.3, 0.4) is 0 Å². The predicted molar refractivity (Wildman–Crippen MR) is 62.7 cm³/mol. The standard InChI is InChI=1S/C13H16O3/c1-10(2)9-16-12-6-3-11(4-7-12)5-8-13(14)15/h3-4,6-7H,1,5,8-9H2,2H3,(H,14,15). The summed E-state index contributed by atoms with van der Waals surface area (Å²) in [6, 6.07) is 7.47. The van der Waals surface area contributed by atoms with E-state index in [-0.39, 0.29) is 6.42 Å². The number of hydrogen-bond acceptors (Lipinski definition) is 2. The quantitative estimate of drug-likeness (QED) is 0.750. The minimum atomic E-state index is -0.775. The molecule has 0 radical (unpaired) electrons. The molecule has 1 rings (SSSR count). The van der Waals surface area contributed by atoms with Gasteiger partial charge in [-0.3, -0.25) is 4.79 Å². The summed E-state index contributed by atoms with van der Waals surface area (Å²) in [5.41, 5.74) is 1.97. The van der Waals surface area contributed by atoms with E-state index in [1.807, 2.05) is 31.2 Å². The van der Waals surface area contributed by atoms with Gasteiger partial charge < -0.3 is 9.84 Å². The summed E-state index contributed by atoms with van der Waals surface area (Å²) in [6.45, 7) is 6.16. The summed E-state index contributed by atoms with van der Waals surface area (Å²) < 4.78 is 5.43. The highest BCUT2D eigenvalue weighted by Gasteiger charge is 1.99. The van der Waals surface area contributed by atoms with Crippen molar-refractivity contribution in [3.05, 3.63) is 42.0 Å². The molecular weight excluding hydrogens is 204 g/mol. The second kappa shape index (κ2) is 5.95. The van der Waals surface area contributed by atoms with Crippen LogP contribution in [0.4, 0.5) is 0 Å². The third-order valence-electron chi connectivity index (χ3n) is 2.04. The first-order chi connectivity index (χ1) is 7.58. The van der Waals surface area contributed by atoms with Crippen molar-refractivity contribution in [2.75, 3.05) is 6.61 Å². The molecule has 3 nitrogen and oxygen atoms in total. The Kier molecular flexibility index (Phi) is 4.58. The monoisotopic (exact) mass is 220 g/mol. The normalized spacial score (nSPS) is 9.81. The van der Waals surface area contributed by atoms with Crippen molar-refractivity contribution >= 4 is 5.97 Å². The lowest BCUT2D eigenvalue weighted by atomic mass is 10.1. The molecule has 0 aromatic heterocycles. The van der Waals surface area contributed by atoms with Crippen molar-refractivity contribution in [1.82, 2.24) is 0 Å². The van der Waals surface area contributed by atoms with E-state index in [1.54, 1.807) is 0 Å². The average Bonchev–Trinajstić information content (AvgIpc) is 2.25. The van der Waals surface area contributed by atoms with E-state index in [0.29, 0.717) is 13.0 Å². The number of aliphatic carboxylic acids is 1. The third kappa shape index (κ3) is 4.64. The first-order valence-electron chi connectivity index (χ1n) is 5.16. The Labute approximate surface area is 95.4 Å². The largest absolute Gasteiger partial charge is 0.489 e. The number of benzene rings is 1. The van der Waals surface area contributed by atoms with E-state index < -0.39 is 5.97 Å². The molecule has 1 aromatic rings. The minimum absolute atomic E-state index is 0.159. The molecule has 1 N–H and O–H groups in total. The molecule has 0 amide bonds. The molecule has 0 unspecified atom stereocenters. The Balaban J connectivity index is 2.47. The number of carbonyl (C=O) groups is 1. The average molecular weight is 220 g/mol. The van der Waals surface area contributed by atoms with E-state index in [9.17, 15) is 4.79 Å². The van der Waals surface area contributed by atoms with Crippen LogP contribution in [0.1, 0.15) is 18.9 Å². The summed E-state index contributed by atoms with van der Waals surface area (Å²) >= 11 is 0. The summed E-state index contributed by atoms with van der Waals surface area (Å²) in [7, 11) is 0. The van der Waals surface area contributed by atoms with Crippen molar-refractivity contribution in [3.8, 4) is 5.75 Å². The summed E-state index contributed by atoms with van der Waals surface area (Å²) in [4.78, 5) is 10.4. The van der Waals surface area contributed by atoms with Gasteiger partial charge in [0, 0.05) is 6.42 Å². The molecule has 0 saturated carbocycles. The molecule has 3 heteroatoms. The van der Waals surface area contributed by atoms with Gasteiger partial charge in [0.1, 0.15) is 12.4 Å². The zero-order chi connectivity index (χ0) is 12.0. The molecule has 86 valence electrons. The highest BCUT2D eigenvalue weighted by molar-refractivity contribution is 5.67. The fourth-order valence-corrected chi connectivity index (χ4v) is 1.21. The fraction of sp³-hybridized carbons (Fsp3) is 0.308. The van der Waals surface area contributed by atoms with Crippen LogP contribution in [-0.2, 0) is 11.2 Å². The number of ether oxygens (including phenoxy) is 1. The minimum Gasteiger partial charge on any atom is -0.489 e. The van der Waals surface area contributed by atoms with Crippen LogP contribution in [0.15, 0.2) is 36.4 Å². The van der Waals surface area contributed by atoms with Crippen LogP contribution in [0, 0.1) is 0 Å². The second-order valence-corrected chi connectivity index (χ2v) is 3.78. The molecule has 0 aliphatic heterocycles. The maximum atomic E-state index is 10.4. The lowest BCUT2D eigenvalue weighted by molar-refractivity contribution is -0.136. The predicted octanol–water partition coefficient (Wildman–Crippen LogP) is 2.66. The van der Waals surface area contributed by atoms with Crippen molar-refractivity contribution in [3.63, 3.8) is 0 Å². The first kappa shape index (κ1) is 12.3. The SMILES string of the molecule is C=C(C)COc1ccc(CCC(=O)O)cc1. The van der Waals surface area contributed by atoms with Gasteiger partial charge in [0.25, 0.3) is 0 Å². The Morgan fingerprint density at radius 1 is 1.38 bits per heavy atom. The summed E-state index contributed by atoms with van der Waals surface area (Å²) in [6.07, 6.45) is 0.710. The van der Waals surface area contributed by atoms with E-state index in [2.05, 4.69) is 6.58 Å². The van der Waals surface area contributed by atoms with E-state index in [1.165, 1.54) is 0 Å². The summed E-state index contributed by atoms with van der Waals surface area (Å²) in [5.74, 6) is 0.00434. The number of carboxylic acids is 1. The van der Waals surface area contributed by atoms with Gasteiger partial charge in [-0.2, -0.15) is 0 Å². The molecule has 0 spiro atoms. The number of hydrogen-bond donors (Lipinski definition) is 1. The Morgan fingerprint density at radius 2 is 2.00 bits per heavy atom. The molecule has 0 fully saturated rings. The molecule has 0 saturated heterocycles. The van der Waals surface area contributed by atoms with Gasteiger partial charge in [-0.25, -0.2) is 0 Å². The molecule has 0 aliphatic rings. The molecule has 16 heavy (non-hydrogen) atoms. The molecule has 0 aliphatic carbocycles. The van der Waals surface area contributed by atoms with Crippen LogP contribution < -0.4 is 4.74 Å². The van der Waals surface area contributed by atoms with Crippen molar-refractivity contribution in [2.45, 2.75) is 19.8 Å². The zero-order valence-electron chi connectivity index (χ0n) is 9.40. The molecule has 0 bridgehead atoms. The molecular formula is C13H16O3. The van der Waals surface area contributed by atoms with Gasteiger partial charge in [0.2, 0.25) is 0 Å². The van der Waals surface area contributed by atoms with Crippen LogP contribution in [0.25, 0.3) is 0 Å². The molecule has 0 heterocycles. The highest BCUT2D eigenvalue weighted by atomic mass is 16.5. The Morgan fingerprint density at radius 3 is 2.50 bits per heavy atom. The van der Waals surface area contributed by atoms with Gasteiger partial charge in [-0.05, 0) is 36.6 Å². The second-order valence-electron chi connectivity index (χ2n) is 3.78. The maximum Gasteiger partial charge on any atom is 0.303 e. The fourth-order valence-electron chi connectivity index (χ4n) is 1.21. The van der Waals surface area contributed by atoms with Crippen molar-refractivity contribution in [1.29, 1.82) is 0 Å². The molecule has 0 atom stereocenters. The Bertz CT molecular complexity index is 328.